The molecule has 0 N–H and O–H groups in total. The SMILES string of the molecule is CC=CCCC1CCC(c2ccc(COC(F)(F)Cc3ccc(C4CCC(CCCCC)CC4)cc3)cc2)CC1. The molecule has 220 valence electrons. The third-order valence-corrected chi connectivity index (χ3v) is 9.65. The van der Waals surface area contributed by atoms with Crippen LogP contribution in [0.2, 0.25) is 0 Å². The summed E-state index contributed by atoms with van der Waals surface area (Å²) in [5, 5.41) is 0. The minimum Gasteiger partial charge on any atom is -0.315 e. The molecule has 2 aliphatic rings. The number of hydrogen-bond acceptors (Lipinski definition) is 1. The lowest BCUT2D eigenvalue weighted by molar-refractivity contribution is -0.244. The molecule has 0 aliphatic heterocycles. The third-order valence-electron chi connectivity index (χ3n) is 9.65. The quantitative estimate of drug-likeness (QED) is 0.168. The van der Waals surface area contributed by atoms with Gasteiger partial charge in [0.1, 0.15) is 0 Å². The second-order valence-corrected chi connectivity index (χ2v) is 12.7. The monoisotopic (exact) mass is 550 g/mol. The fraction of sp³-hybridized carbons (Fsp3) is 0.622. The second kappa shape index (κ2) is 15.9. The van der Waals surface area contributed by atoms with Gasteiger partial charge in [0.05, 0.1) is 13.0 Å². The highest BCUT2D eigenvalue weighted by Gasteiger charge is 2.31. The van der Waals surface area contributed by atoms with Crippen molar-refractivity contribution in [3.63, 3.8) is 0 Å². The molecule has 0 radical (unpaired) electrons. The lowest BCUT2D eigenvalue weighted by atomic mass is 9.77. The number of allylic oxidation sites excluding steroid dienone is 2. The van der Waals surface area contributed by atoms with Crippen molar-refractivity contribution < 1.29 is 13.5 Å². The smallest absolute Gasteiger partial charge is 0.315 e. The normalized spacial score (nSPS) is 24.0. The summed E-state index contributed by atoms with van der Waals surface area (Å²) in [7, 11) is 0. The van der Waals surface area contributed by atoms with E-state index in [9.17, 15) is 8.78 Å². The standard InChI is InChI=1S/C37H52F2O/c1-3-5-7-9-29-11-19-33(20-12-29)35-23-15-31(16-24-35)27-37(38,39)40-28-32-17-25-36(26-18-32)34-21-13-30(14-22-34)10-8-6-4-2/h4,6,15-18,23-26,29-30,33-34H,3,5,7-14,19-22,27-28H2,1-2H3. The van der Waals surface area contributed by atoms with E-state index < -0.39 is 6.11 Å². The van der Waals surface area contributed by atoms with Crippen LogP contribution in [-0.2, 0) is 17.8 Å². The minimum atomic E-state index is -3.18. The molecule has 0 saturated heterocycles. The van der Waals surface area contributed by atoms with Gasteiger partial charge in [-0.05, 0) is 117 Å². The molecule has 4 rings (SSSR count). The summed E-state index contributed by atoms with van der Waals surface area (Å²) in [6.07, 6.45) is 18.8. The van der Waals surface area contributed by atoms with Crippen LogP contribution < -0.4 is 0 Å². The maximum atomic E-state index is 14.7. The van der Waals surface area contributed by atoms with Gasteiger partial charge in [-0.15, -0.1) is 0 Å². The fourth-order valence-electron chi connectivity index (χ4n) is 7.02. The van der Waals surface area contributed by atoms with Crippen LogP contribution in [0.15, 0.2) is 60.7 Å². The van der Waals surface area contributed by atoms with Gasteiger partial charge in [0.15, 0.2) is 0 Å². The second-order valence-electron chi connectivity index (χ2n) is 12.7. The zero-order valence-electron chi connectivity index (χ0n) is 25.1. The van der Waals surface area contributed by atoms with Crippen molar-refractivity contribution in [3.05, 3.63) is 82.9 Å². The predicted molar refractivity (Wildman–Crippen MR) is 164 cm³/mol. The number of benzene rings is 2. The van der Waals surface area contributed by atoms with E-state index in [1.165, 1.54) is 101 Å². The number of halogens is 2. The summed E-state index contributed by atoms with van der Waals surface area (Å²) in [6, 6.07) is 16.1. The molecular weight excluding hydrogens is 498 g/mol. The molecule has 40 heavy (non-hydrogen) atoms. The Balaban J connectivity index is 1.18. The number of rotatable bonds is 14. The molecule has 0 aromatic heterocycles. The third kappa shape index (κ3) is 9.82. The first-order chi connectivity index (χ1) is 19.5. The van der Waals surface area contributed by atoms with E-state index in [1.807, 2.05) is 24.3 Å². The summed E-state index contributed by atoms with van der Waals surface area (Å²) in [6.45, 7) is 4.29. The van der Waals surface area contributed by atoms with Gasteiger partial charge < -0.3 is 4.74 Å². The predicted octanol–water partition coefficient (Wildman–Crippen LogP) is 11.5. The van der Waals surface area contributed by atoms with Crippen molar-refractivity contribution >= 4 is 0 Å². The van der Waals surface area contributed by atoms with E-state index in [4.69, 9.17) is 4.74 Å². The molecule has 0 amide bonds. The Morgan fingerprint density at radius 1 is 0.725 bits per heavy atom. The van der Waals surface area contributed by atoms with Crippen molar-refractivity contribution in [2.24, 2.45) is 11.8 Å². The summed E-state index contributed by atoms with van der Waals surface area (Å²) in [5.74, 6) is 2.90. The largest absolute Gasteiger partial charge is 0.360 e. The first-order valence-electron chi connectivity index (χ1n) is 16.3. The summed E-state index contributed by atoms with van der Waals surface area (Å²) in [5.41, 5.74) is 4.09. The molecule has 2 aromatic rings. The molecule has 0 atom stereocenters. The van der Waals surface area contributed by atoms with Crippen LogP contribution in [0.4, 0.5) is 8.78 Å². The Morgan fingerprint density at radius 2 is 1.25 bits per heavy atom. The molecular formula is C37H52F2O. The van der Waals surface area contributed by atoms with Gasteiger partial charge in [-0.1, -0.05) is 93.3 Å². The van der Waals surface area contributed by atoms with Crippen LogP contribution in [0.3, 0.4) is 0 Å². The maximum Gasteiger partial charge on any atom is 0.360 e. The summed E-state index contributed by atoms with van der Waals surface area (Å²) < 4.78 is 34.5. The van der Waals surface area contributed by atoms with E-state index in [1.54, 1.807) is 0 Å². The zero-order chi connectivity index (χ0) is 28.2. The molecule has 1 nitrogen and oxygen atoms in total. The van der Waals surface area contributed by atoms with E-state index in [0.29, 0.717) is 17.4 Å². The van der Waals surface area contributed by atoms with Gasteiger partial charge in [0.25, 0.3) is 0 Å². The average Bonchev–Trinajstić information content (AvgIpc) is 2.98. The van der Waals surface area contributed by atoms with E-state index in [2.05, 4.69) is 50.3 Å². The van der Waals surface area contributed by atoms with Gasteiger partial charge >= 0.3 is 6.11 Å². The Bertz CT molecular complexity index is 993. The van der Waals surface area contributed by atoms with Gasteiger partial charge in [-0.3, -0.25) is 0 Å². The van der Waals surface area contributed by atoms with Crippen LogP contribution in [0.5, 0.6) is 0 Å². The van der Waals surface area contributed by atoms with Crippen molar-refractivity contribution in [2.75, 3.05) is 0 Å². The van der Waals surface area contributed by atoms with Crippen LogP contribution in [-0.4, -0.2) is 6.11 Å². The highest BCUT2D eigenvalue weighted by atomic mass is 19.3. The zero-order valence-corrected chi connectivity index (χ0v) is 25.1. The molecule has 2 saturated carbocycles. The van der Waals surface area contributed by atoms with Crippen LogP contribution in [0, 0.1) is 11.8 Å². The van der Waals surface area contributed by atoms with Crippen molar-refractivity contribution in [2.45, 2.75) is 135 Å². The lowest BCUT2D eigenvalue weighted by Gasteiger charge is -2.29. The Hall–Kier alpha value is -2.00. The first kappa shape index (κ1) is 30.9. The lowest BCUT2D eigenvalue weighted by Crippen LogP contribution is -2.23. The number of unbranched alkanes of at least 4 members (excludes halogenated alkanes) is 2. The molecule has 2 fully saturated rings. The van der Waals surface area contributed by atoms with Crippen molar-refractivity contribution in [1.29, 1.82) is 0 Å². The number of ether oxygens (including phenoxy) is 1. The first-order valence-corrected chi connectivity index (χ1v) is 16.3. The highest BCUT2D eigenvalue weighted by Crippen LogP contribution is 2.39. The molecule has 0 unspecified atom stereocenters. The van der Waals surface area contributed by atoms with Crippen LogP contribution in [0.1, 0.15) is 138 Å². The van der Waals surface area contributed by atoms with E-state index in [-0.39, 0.29) is 13.0 Å². The number of hydrogen-bond donors (Lipinski definition) is 0. The Kier molecular flexibility index (Phi) is 12.3. The maximum absolute atomic E-state index is 14.7. The van der Waals surface area contributed by atoms with E-state index in [0.717, 1.165) is 17.4 Å². The average molecular weight is 551 g/mol. The van der Waals surface area contributed by atoms with Gasteiger partial charge in [-0.2, -0.15) is 8.78 Å². The molecule has 0 heterocycles. The van der Waals surface area contributed by atoms with Crippen molar-refractivity contribution in [1.82, 2.24) is 0 Å². The molecule has 2 aliphatic carbocycles. The molecule has 0 bridgehead atoms. The Morgan fingerprint density at radius 3 is 1.77 bits per heavy atom. The Labute approximate surface area is 242 Å². The van der Waals surface area contributed by atoms with Crippen LogP contribution in [0.25, 0.3) is 0 Å². The summed E-state index contributed by atoms with van der Waals surface area (Å²) in [4.78, 5) is 0. The highest BCUT2D eigenvalue weighted by molar-refractivity contribution is 5.27. The van der Waals surface area contributed by atoms with E-state index >= 15 is 0 Å². The van der Waals surface area contributed by atoms with Gasteiger partial charge in [0, 0.05) is 0 Å². The van der Waals surface area contributed by atoms with Crippen LogP contribution >= 0.6 is 0 Å². The minimum absolute atomic E-state index is 0.0649. The topological polar surface area (TPSA) is 9.23 Å². The van der Waals surface area contributed by atoms with Crippen molar-refractivity contribution in [3.8, 4) is 0 Å². The molecule has 0 spiro atoms. The molecule has 2 aromatic carbocycles. The van der Waals surface area contributed by atoms with Gasteiger partial charge in [0.2, 0.25) is 0 Å². The van der Waals surface area contributed by atoms with Gasteiger partial charge in [-0.25, -0.2) is 0 Å². The number of alkyl halides is 2. The summed E-state index contributed by atoms with van der Waals surface area (Å²) >= 11 is 0. The molecule has 3 heteroatoms. The fourth-order valence-corrected chi connectivity index (χ4v) is 7.02.